The molecule has 3 rings (SSSR count). The summed E-state index contributed by atoms with van der Waals surface area (Å²) >= 11 is 1.76. The Hall–Kier alpha value is -1.16. The smallest absolute Gasteiger partial charge is 0.188 e. The highest BCUT2D eigenvalue weighted by atomic mass is 127. The molecule has 2 heterocycles. The van der Waals surface area contributed by atoms with E-state index in [-0.39, 0.29) is 30.1 Å². The second-order valence-electron chi connectivity index (χ2n) is 6.73. The summed E-state index contributed by atoms with van der Waals surface area (Å²) in [6, 6.07) is 12.6. The standard InChI is InChI=1S/C20H28N4OS.HI/c21-20(22-10-7-19-6-3-13-26-19)23-14-16-4-1-2-5-17(16)15-24-11-8-18(25)9-12-24;/h1-6,13,18,25H,7-12,14-15H2,(H3,21,22,23);1H. The van der Waals surface area contributed by atoms with Gasteiger partial charge in [0.15, 0.2) is 5.96 Å². The first-order valence-electron chi connectivity index (χ1n) is 9.24. The molecule has 0 saturated carbocycles. The predicted octanol–water partition coefficient (Wildman–Crippen LogP) is 2.97. The number of nitrogens with zero attached hydrogens (tertiary/aromatic N) is 2. The lowest BCUT2D eigenvalue weighted by atomic mass is 10.0. The molecule has 27 heavy (non-hydrogen) atoms. The first-order valence-corrected chi connectivity index (χ1v) is 10.1. The van der Waals surface area contributed by atoms with Crippen LogP contribution in [0.3, 0.4) is 0 Å². The van der Waals surface area contributed by atoms with Gasteiger partial charge in [-0.15, -0.1) is 35.3 Å². The third-order valence-corrected chi connectivity index (χ3v) is 5.68. The van der Waals surface area contributed by atoms with E-state index in [9.17, 15) is 5.11 Å². The number of piperidine rings is 1. The Balaban J connectivity index is 0.00000261. The van der Waals surface area contributed by atoms with Gasteiger partial charge in [-0.25, -0.2) is 4.99 Å². The van der Waals surface area contributed by atoms with Crippen LogP contribution in [0, 0.1) is 0 Å². The van der Waals surface area contributed by atoms with Crippen LogP contribution in [-0.2, 0) is 19.5 Å². The number of benzene rings is 1. The molecule has 2 aromatic rings. The second kappa shape index (κ2) is 11.6. The number of hydrogen-bond donors (Lipinski definition) is 3. The number of thiophene rings is 1. The number of hydrogen-bond acceptors (Lipinski definition) is 4. The zero-order valence-electron chi connectivity index (χ0n) is 15.5. The van der Waals surface area contributed by atoms with Crippen LogP contribution >= 0.6 is 35.3 Å². The van der Waals surface area contributed by atoms with Gasteiger partial charge in [0.05, 0.1) is 12.6 Å². The molecule has 0 atom stereocenters. The van der Waals surface area contributed by atoms with Crippen molar-refractivity contribution in [2.45, 2.75) is 38.5 Å². The highest BCUT2D eigenvalue weighted by Gasteiger charge is 2.17. The number of aliphatic hydroxyl groups excluding tert-OH is 1. The van der Waals surface area contributed by atoms with Gasteiger partial charge in [0, 0.05) is 31.1 Å². The lowest BCUT2D eigenvalue weighted by Crippen LogP contribution is -2.35. The highest BCUT2D eigenvalue weighted by Crippen LogP contribution is 2.17. The molecule has 0 radical (unpaired) electrons. The molecule has 7 heteroatoms. The van der Waals surface area contributed by atoms with Gasteiger partial charge in [0.1, 0.15) is 0 Å². The maximum absolute atomic E-state index is 9.66. The molecule has 0 amide bonds. The summed E-state index contributed by atoms with van der Waals surface area (Å²) in [6.07, 6.45) is 2.56. The van der Waals surface area contributed by atoms with Crippen LogP contribution in [-0.4, -0.2) is 41.7 Å². The maximum Gasteiger partial charge on any atom is 0.188 e. The largest absolute Gasteiger partial charge is 0.393 e. The van der Waals surface area contributed by atoms with Crippen LogP contribution in [0.1, 0.15) is 28.8 Å². The first-order chi connectivity index (χ1) is 12.7. The maximum atomic E-state index is 9.66. The van der Waals surface area contributed by atoms with Gasteiger partial charge >= 0.3 is 0 Å². The average molecular weight is 500 g/mol. The van der Waals surface area contributed by atoms with Gasteiger partial charge in [-0.05, 0) is 41.8 Å². The van der Waals surface area contributed by atoms with E-state index >= 15 is 0 Å². The summed E-state index contributed by atoms with van der Waals surface area (Å²) in [5.41, 5.74) is 8.52. The molecule has 0 spiro atoms. The van der Waals surface area contributed by atoms with Gasteiger partial charge in [0.25, 0.3) is 0 Å². The van der Waals surface area contributed by atoms with E-state index < -0.39 is 0 Å². The van der Waals surface area contributed by atoms with Gasteiger partial charge in [-0.1, -0.05) is 30.3 Å². The van der Waals surface area contributed by atoms with Gasteiger partial charge in [0.2, 0.25) is 0 Å². The molecule has 148 valence electrons. The van der Waals surface area contributed by atoms with E-state index in [4.69, 9.17) is 5.73 Å². The molecular weight excluding hydrogens is 471 g/mol. The van der Waals surface area contributed by atoms with Crippen LogP contribution in [0.4, 0.5) is 0 Å². The third-order valence-electron chi connectivity index (χ3n) is 4.75. The van der Waals surface area contributed by atoms with Crippen LogP contribution in [0.15, 0.2) is 46.8 Å². The molecule has 1 aromatic carbocycles. The van der Waals surface area contributed by atoms with Crippen molar-refractivity contribution >= 4 is 41.3 Å². The SMILES string of the molecule is I.NC(=NCc1ccccc1CN1CCC(O)CC1)NCCc1cccs1. The zero-order chi connectivity index (χ0) is 18.2. The predicted molar refractivity (Wildman–Crippen MR) is 124 cm³/mol. The molecule has 1 aliphatic heterocycles. The third kappa shape index (κ3) is 7.40. The van der Waals surface area contributed by atoms with Crippen LogP contribution in [0.25, 0.3) is 0 Å². The fourth-order valence-electron chi connectivity index (χ4n) is 3.18. The Kier molecular flexibility index (Phi) is 9.53. The highest BCUT2D eigenvalue weighted by molar-refractivity contribution is 14.0. The molecule has 1 fully saturated rings. The Labute approximate surface area is 182 Å². The lowest BCUT2D eigenvalue weighted by Gasteiger charge is -2.30. The molecule has 1 aromatic heterocycles. The van der Waals surface area contributed by atoms with Crippen molar-refractivity contribution < 1.29 is 5.11 Å². The fraction of sp³-hybridized carbons (Fsp3) is 0.450. The van der Waals surface area contributed by atoms with Gasteiger partial charge < -0.3 is 16.2 Å². The summed E-state index contributed by atoms with van der Waals surface area (Å²) in [6.45, 7) is 4.19. The average Bonchev–Trinajstić information content (AvgIpc) is 3.16. The zero-order valence-corrected chi connectivity index (χ0v) is 18.7. The fourth-order valence-corrected chi connectivity index (χ4v) is 3.89. The van der Waals surface area contributed by atoms with Crippen molar-refractivity contribution in [2.75, 3.05) is 19.6 Å². The number of halogens is 1. The molecule has 0 aliphatic carbocycles. The Morgan fingerprint density at radius 3 is 2.63 bits per heavy atom. The second-order valence-corrected chi connectivity index (χ2v) is 7.77. The monoisotopic (exact) mass is 500 g/mol. The number of aliphatic hydroxyl groups is 1. The Morgan fingerprint density at radius 2 is 1.93 bits per heavy atom. The minimum Gasteiger partial charge on any atom is -0.393 e. The van der Waals surface area contributed by atoms with Gasteiger partial charge in [-0.2, -0.15) is 0 Å². The number of aliphatic imine (C=N–C) groups is 1. The van der Waals surface area contributed by atoms with Crippen molar-refractivity contribution in [2.24, 2.45) is 10.7 Å². The van der Waals surface area contributed by atoms with E-state index in [2.05, 4.69) is 57.0 Å². The summed E-state index contributed by atoms with van der Waals surface area (Å²) in [5.74, 6) is 0.498. The minimum absolute atomic E-state index is 0. The van der Waals surface area contributed by atoms with Crippen LogP contribution in [0.5, 0.6) is 0 Å². The molecule has 5 nitrogen and oxygen atoms in total. The molecule has 1 saturated heterocycles. The minimum atomic E-state index is -0.133. The number of likely N-dealkylation sites (tertiary alicyclic amines) is 1. The normalized spacial score (nSPS) is 16.1. The summed E-state index contributed by atoms with van der Waals surface area (Å²) in [5, 5.41) is 14.9. The van der Waals surface area contributed by atoms with Gasteiger partial charge in [-0.3, -0.25) is 4.90 Å². The van der Waals surface area contributed by atoms with Crippen molar-refractivity contribution in [1.29, 1.82) is 0 Å². The van der Waals surface area contributed by atoms with Crippen LogP contribution in [0.2, 0.25) is 0 Å². The van der Waals surface area contributed by atoms with E-state index in [1.165, 1.54) is 16.0 Å². The number of nitrogens with one attached hydrogen (secondary N) is 1. The first kappa shape index (κ1) is 22.1. The van der Waals surface area contributed by atoms with E-state index in [1.54, 1.807) is 11.3 Å². The summed E-state index contributed by atoms with van der Waals surface area (Å²) in [7, 11) is 0. The molecule has 0 unspecified atom stereocenters. The van der Waals surface area contributed by atoms with Crippen LogP contribution < -0.4 is 11.1 Å². The van der Waals surface area contributed by atoms with E-state index in [0.29, 0.717) is 12.5 Å². The quantitative estimate of drug-likeness (QED) is 0.311. The number of rotatable bonds is 7. The van der Waals surface area contributed by atoms with E-state index in [1.807, 2.05) is 0 Å². The lowest BCUT2D eigenvalue weighted by molar-refractivity contribution is 0.0791. The Morgan fingerprint density at radius 1 is 1.19 bits per heavy atom. The molecule has 1 aliphatic rings. The number of guanidine groups is 1. The van der Waals surface area contributed by atoms with Crippen molar-refractivity contribution in [3.8, 4) is 0 Å². The van der Waals surface area contributed by atoms with Crippen molar-refractivity contribution in [3.05, 3.63) is 57.8 Å². The Bertz CT molecular complexity index is 700. The summed E-state index contributed by atoms with van der Waals surface area (Å²) in [4.78, 5) is 8.26. The molecule has 0 bridgehead atoms. The molecular formula is C20H29IN4OS. The van der Waals surface area contributed by atoms with Crippen molar-refractivity contribution in [3.63, 3.8) is 0 Å². The van der Waals surface area contributed by atoms with Crippen molar-refractivity contribution in [1.82, 2.24) is 10.2 Å². The molecule has 4 N–H and O–H groups in total. The topological polar surface area (TPSA) is 73.9 Å². The number of nitrogens with two attached hydrogens (primary N) is 1. The summed E-state index contributed by atoms with van der Waals surface area (Å²) < 4.78 is 0. The van der Waals surface area contributed by atoms with E-state index in [0.717, 1.165) is 45.4 Å².